The molecule has 0 aliphatic heterocycles. The summed E-state index contributed by atoms with van der Waals surface area (Å²) >= 11 is 0. The first-order valence-corrected chi connectivity index (χ1v) is 6.51. The summed E-state index contributed by atoms with van der Waals surface area (Å²) in [6.45, 7) is 3.38. The normalized spacial score (nSPS) is 15.9. The van der Waals surface area contributed by atoms with Gasteiger partial charge in [-0.15, -0.1) is 0 Å². The summed E-state index contributed by atoms with van der Waals surface area (Å²) < 4.78 is 76.5. The highest BCUT2D eigenvalue weighted by Crippen LogP contribution is 2.38. The number of nitrogens with two attached hydrogens (primary N) is 1. The van der Waals surface area contributed by atoms with E-state index in [1.807, 2.05) is 6.92 Å². The van der Waals surface area contributed by atoms with Gasteiger partial charge in [0, 0.05) is 6.04 Å². The van der Waals surface area contributed by atoms with Gasteiger partial charge in [0.25, 0.3) is 0 Å². The number of benzene rings is 1. The van der Waals surface area contributed by atoms with E-state index in [1.54, 1.807) is 0 Å². The highest BCUT2D eigenvalue weighted by Gasteiger charge is 2.37. The third kappa shape index (κ3) is 4.62. The van der Waals surface area contributed by atoms with E-state index in [2.05, 4.69) is 0 Å². The molecule has 120 valence electrons. The second-order valence-electron chi connectivity index (χ2n) is 5.08. The van der Waals surface area contributed by atoms with Gasteiger partial charge in [-0.3, -0.25) is 0 Å². The van der Waals surface area contributed by atoms with Crippen molar-refractivity contribution in [3.8, 4) is 0 Å². The third-order valence-corrected chi connectivity index (χ3v) is 3.40. The Balaban J connectivity index is 3.32. The van der Waals surface area contributed by atoms with Gasteiger partial charge in [-0.2, -0.15) is 26.3 Å². The molecule has 2 N–H and O–H groups in total. The van der Waals surface area contributed by atoms with Crippen molar-refractivity contribution in [3.63, 3.8) is 0 Å². The maximum atomic E-state index is 12.8. The first-order chi connectivity index (χ1) is 9.46. The molecule has 0 saturated carbocycles. The maximum Gasteiger partial charge on any atom is 0.416 e. The number of halogens is 6. The predicted molar refractivity (Wildman–Crippen MR) is 67.7 cm³/mol. The molecule has 1 rings (SSSR count). The number of alkyl halides is 6. The number of hydrogen-bond acceptors (Lipinski definition) is 1. The molecule has 1 aromatic carbocycles. The molecule has 0 amide bonds. The zero-order chi connectivity index (χ0) is 16.4. The second kappa shape index (κ2) is 6.25. The van der Waals surface area contributed by atoms with E-state index in [9.17, 15) is 26.3 Å². The molecule has 0 bridgehead atoms. The zero-order valence-electron chi connectivity index (χ0n) is 11.6. The Morgan fingerprint density at radius 1 is 0.952 bits per heavy atom. The molecule has 0 aliphatic rings. The Morgan fingerprint density at radius 3 is 1.71 bits per heavy atom. The average Bonchev–Trinajstić information content (AvgIpc) is 2.35. The predicted octanol–water partition coefficient (Wildman–Crippen LogP) is 4.96. The molecule has 0 radical (unpaired) electrons. The minimum atomic E-state index is -4.83. The van der Waals surface area contributed by atoms with Gasteiger partial charge in [0.05, 0.1) is 11.1 Å². The largest absolute Gasteiger partial charge is 0.416 e. The van der Waals surface area contributed by atoms with Crippen LogP contribution in [0.15, 0.2) is 18.2 Å². The Labute approximate surface area is 119 Å². The van der Waals surface area contributed by atoms with Gasteiger partial charge in [0.1, 0.15) is 0 Å². The van der Waals surface area contributed by atoms with E-state index >= 15 is 0 Å². The monoisotopic (exact) mass is 313 g/mol. The standard InChI is InChI=1S/C14H17F6N/c1-3-4-12(21)8(2)9-5-10(13(15,16)17)7-11(6-9)14(18,19)20/h5-8,12H,3-4,21H2,1-2H3. The SMILES string of the molecule is CCCC(N)C(C)c1cc(C(F)(F)F)cc(C(F)(F)F)c1. The summed E-state index contributed by atoms with van der Waals surface area (Å²) in [7, 11) is 0. The molecule has 7 heteroatoms. The van der Waals surface area contributed by atoms with E-state index in [0.29, 0.717) is 12.8 Å². The van der Waals surface area contributed by atoms with Crippen molar-refractivity contribution in [2.75, 3.05) is 0 Å². The van der Waals surface area contributed by atoms with Crippen LogP contribution < -0.4 is 5.73 Å². The quantitative estimate of drug-likeness (QED) is 0.782. The summed E-state index contributed by atoms with van der Waals surface area (Å²) in [5.41, 5.74) is 3.17. The van der Waals surface area contributed by atoms with Crippen LogP contribution in [0.25, 0.3) is 0 Å². The molecule has 0 aromatic heterocycles. The van der Waals surface area contributed by atoms with Crippen LogP contribution in [0, 0.1) is 0 Å². The molecule has 2 atom stereocenters. The molecule has 2 unspecified atom stereocenters. The van der Waals surface area contributed by atoms with Gasteiger partial charge in [0.2, 0.25) is 0 Å². The van der Waals surface area contributed by atoms with E-state index < -0.39 is 35.4 Å². The molecule has 0 heterocycles. The van der Waals surface area contributed by atoms with Crippen LogP contribution in [0.1, 0.15) is 49.3 Å². The lowest BCUT2D eigenvalue weighted by Crippen LogP contribution is -2.27. The fourth-order valence-corrected chi connectivity index (χ4v) is 2.07. The smallest absolute Gasteiger partial charge is 0.327 e. The molecule has 0 saturated heterocycles. The summed E-state index contributed by atoms with van der Waals surface area (Å²) in [4.78, 5) is 0. The Kier molecular flexibility index (Phi) is 5.30. The topological polar surface area (TPSA) is 26.0 Å². The molecular formula is C14H17F6N. The highest BCUT2D eigenvalue weighted by molar-refractivity contribution is 5.35. The van der Waals surface area contributed by atoms with Gasteiger partial charge in [-0.25, -0.2) is 0 Å². The summed E-state index contributed by atoms with van der Waals surface area (Å²) in [6.07, 6.45) is -8.43. The number of rotatable bonds is 4. The minimum Gasteiger partial charge on any atom is -0.327 e. The average molecular weight is 313 g/mol. The first kappa shape index (κ1) is 17.8. The van der Waals surface area contributed by atoms with Crippen molar-refractivity contribution < 1.29 is 26.3 Å². The van der Waals surface area contributed by atoms with Gasteiger partial charge >= 0.3 is 12.4 Å². The molecule has 0 spiro atoms. The van der Waals surface area contributed by atoms with Gasteiger partial charge in [0.15, 0.2) is 0 Å². The van der Waals surface area contributed by atoms with Crippen LogP contribution in [0.3, 0.4) is 0 Å². The molecule has 1 nitrogen and oxygen atoms in total. The van der Waals surface area contributed by atoms with Crippen LogP contribution in [-0.4, -0.2) is 6.04 Å². The Bertz CT molecular complexity index is 445. The second-order valence-corrected chi connectivity index (χ2v) is 5.08. The van der Waals surface area contributed by atoms with Crippen molar-refractivity contribution in [2.24, 2.45) is 5.73 Å². The van der Waals surface area contributed by atoms with Gasteiger partial charge in [-0.1, -0.05) is 20.3 Å². The van der Waals surface area contributed by atoms with E-state index in [4.69, 9.17) is 5.73 Å². The van der Waals surface area contributed by atoms with Gasteiger partial charge in [-0.05, 0) is 36.1 Å². The summed E-state index contributed by atoms with van der Waals surface area (Å²) in [5.74, 6) is -0.589. The summed E-state index contributed by atoms with van der Waals surface area (Å²) in [6, 6.07) is 1.13. The van der Waals surface area contributed by atoms with Crippen molar-refractivity contribution >= 4 is 0 Å². The van der Waals surface area contributed by atoms with Crippen LogP contribution >= 0.6 is 0 Å². The van der Waals surface area contributed by atoms with Gasteiger partial charge < -0.3 is 5.73 Å². The van der Waals surface area contributed by atoms with E-state index in [-0.39, 0.29) is 11.6 Å². The Hall–Kier alpha value is -1.24. The lowest BCUT2D eigenvalue weighted by molar-refractivity contribution is -0.143. The van der Waals surface area contributed by atoms with Crippen LogP contribution in [-0.2, 0) is 12.4 Å². The highest BCUT2D eigenvalue weighted by atomic mass is 19.4. The van der Waals surface area contributed by atoms with Crippen molar-refractivity contribution in [3.05, 3.63) is 34.9 Å². The molecule has 21 heavy (non-hydrogen) atoms. The fraction of sp³-hybridized carbons (Fsp3) is 0.571. The fourth-order valence-electron chi connectivity index (χ4n) is 2.07. The van der Waals surface area contributed by atoms with Crippen LogP contribution in [0.4, 0.5) is 26.3 Å². The van der Waals surface area contributed by atoms with Crippen LogP contribution in [0.2, 0.25) is 0 Å². The lowest BCUT2D eigenvalue weighted by Gasteiger charge is -2.22. The lowest BCUT2D eigenvalue weighted by atomic mass is 9.89. The first-order valence-electron chi connectivity index (χ1n) is 6.51. The molecule has 0 aliphatic carbocycles. The number of hydrogen-bond donors (Lipinski definition) is 1. The zero-order valence-corrected chi connectivity index (χ0v) is 11.6. The molecular weight excluding hydrogens is 296 g/mol. The molecule has 1 aromatic rings. The third-order valence-electron chi connectivity index (χ3n) is 3.40. The van der Waals surface area contributed by atoms with Crippen molar-refractivity contribution in [2.45, 2.75) is 51.0 Å². The van der Waals surface area contributed by atoms with Crippen molar-refractivity contribution in [1.29, 1.82) is 0 Å². The van der Waals surface area contributed by atoms with Crippen LogP contribution in [0.5, 0.6) is 0 Å². The minimum absolute atomic E-state index is 0.0434. The summed E-state index contributed by atoms with van der Waals surface area (Å²) in [5, 5.41) is 0. The molecule has 0 fully saturated rings. The van der Waals surface area contributed by atoms with E-state index in [1.165, 1.54) is 6.92 Å². The maximum absolute atomic E-state index is 12.8. The Morgan fingerprint density at radius 2 is 1.38 bits per heavy atom. The van der Waals surface area contributed by atoms with E-state index in [0.717, 1.165) is 12.1 Å². The van der Waals surface area contributed by atoms with Crippen molar-refractivity contribution in [1.82, 2.24) is 0 Å².